The fourth-order valence-corrected chi connectivity index (χ4v) is 2.77. The summed E-state index contributed by atoms with van der Waals surface area (Å²) in [5, 5.41) is 6.81. The molecule has 0 radical (unpaired) electrons. The number of nitrogens with zero attached hydrogens (tertiary/aromatic N) is 5. The summed E-state index contributed by atoms with van der Waals surface area (Å²) in [6.07, 6.45) is 4.69. The van der Waals surface area contributed by atoms with Gasteiger partial charge in [0.1, 0.15) is 11.6 Å². The molecule has 0 aromatic carbocycles. The number of anilines is 3. The maximum Gasteiger partial charge on any atom is 0.239 e. The molecule has 5 N–H and O–H groups in total. The van der Waals surface area contributed by atoms with Crippen molar-refractivity contribution in [3.63, 3.8) is 0 Å². The smallest absolute Gasteiger partial charge is 0.239 e. The summed E-state index contributed by atoms with van der Waals surface area (Å²) >= 11 is 0. The Balaban J connectivity index is 1.72. The van der Waals surface area contributed by atoms with E-state index in [0.29, 0.717) is 17.8 Å². The lowest BCUT2D eigenvalue weighted by molar-refractivity contribution is 0.484. The number of nitrogens with two attached hydrogens (primary N) is 2. The SMILES string of the molecule is CCc1cnc(N)nc1N1CCC(c2nc(N)n[nH]2)CC1. The van der Waals surface area contributed by atoms with E-state index in [1.165, 1.54) is 0 Å². The second-order valence-corrected chi connectivity index (χ2v) is 5.27. The van der Waals surface area contributed by atoms with Crippen molar-refractivity contribution in [3.8, 4) is 0 Å². The van der Waals surface area contributed by atoms with Gasteiger partial charge in [0.2, 0.25) is 11.9 Å². The quantitative estimate of drug-likeness (QED) is 0.759. The first-order valence-electron chi connectivity index (χ1n) is 7.21. The van der Waals surface area contributed by atoms with Gasteiger partial charge in [-0.15, -0.1) is 5.10 Å². The van der Waals surface area contributed by atoms with Gasteiger partial charge < -0.3 is 16.4 Å². The van der Waals surface area contributed by atoms with Crippen molar-refractivity contribution in [2.24, 2.45) is 0 Å². The van der Waals surface area contributed by atoms with Crippen molar-refractivity contribution in [3.05, 3.63) is 17.6 Å². The van der Waals surface area contributed by atoms with Crippen LogP contribution in [0, 0.1) is 0 Å². The van der Waals surface area contributed by atoms with Crippen LogP contribution >= 0.6 is 0 Å². The monoisotopic (exact) mass is 288 g/mol. The number of H-pyrrole nitrogens is 1. The van der Waals surface area contributed by atoms with Gasteiger partial charge in [-0.25, -0.2) is 4.98 Å². The predicted molar refractivity (Wildman–Crippen MR) is 80.8 cm³/mol. The molecule has 3 heterocycles. The molecule has 0 aliphatic carbocycles. The largest absolute Gasteiger partial charge is 0.368 e. The number of rotatable bonds is 3. The number of aryl methyl sites for hydroxylation is 1. The third kappa shape index (κ3) is 2.74. The van der Waals surface area contributed by atoms with Crippen LogP contribution < -0.4 is 16.4 Å². The second-order valence-electron chi connectivity index (χ2n) is 5.27. The molecule has 2 aromatic rings. The zero-order valence-electron chi connectivity index (χ0n) is 12.1. The lowest BCUT2D eigenvalue weighted by Crippen LogP contribution is -2.34. The minimum Gasteiger partial charge on any atom is -0.368 e. The molecule has 0 bridgehead atoms. The molecule has 1 fully saturated rings. The lowest BCUT2D eigenvalue weighted by atomic mass is 9.96. The maximum absolute atomic E-state index is 5.72. The average molecular weight is 288 g/mol. The van der Waals surface area contributed by atoms with Crippen molar-refractivity contribution in [2.75, 3.05) is 29.5 Å². The summed E-state index contributed by atoms with van der Waals surface area (Å²) in [5.41, 5.74) is 12.4. The van der Waals surface area contributed by atoms with Gasteiger partial charge in [0.25, 0.3) is 0 Å². The van der Waals surface area contributed by atoms with Crippen LogP contribution in [0.3, 0.4) is 0 Å². The third-order valence-corrected chi connectivity index (χ3v) is 3.94. The minimum atomic E-state index is 0.310. The van der Waals surface area contributed by atoms with E-state index in [1.54, 1.807) is 0 Å². The molecule has 0 saturated carbocycles. The number of nitrogen functional groups attached to an aromatic ring is 2. The zero-order chi connectivity index (χ0) is 14.8. The highest BCUT2D eigenvalue weighted by molar-refractivity contribution is 5.49. The van der Waals surface area contributed by atoms with Gasteiger partial charge in [-0.3, -0.25) is 5.10 Å². The van der Waals surface area contributed by atoms with Gasteiger partial charge in [0, 0.05) is 30.8 Å². The molecule has 21 heavy (non-hydrogen) atoms. The Bertz CT molecular complexity index is 614. The standard InChI is InChI=1S/C13H20N8/c1-2-8-7-16-12(14)18-11(8)21-5-3-9(4-6-21)10-17-13(15)20-19-10/h7,9H,2-6H2,1H3,(H2,14,16,18)(H3,15,17,19,20). The average Bonchev–Trinajstić information content (AvgIpc) is 2.94. The van der Waals surface area contributed by atoms with E-state index in [1.807, 2.05) is 6.20 Å². The summed E-state index contributed by atoms with van der Waals surface area (Å²) < 4.78 is 0. The number of aromatic nitrogens is 5. The van der Waals surface area contributed by atoms with Crippen LogP contribution in [-0.4, -0.2) is 38.2 Å². The Morgan fingerprint density at radius 3 is 2.62 bits per heavy atom. The molecule has 0 atom stereocenters. The number of hydrogen-bond acceptors (Lipinski definition) is 7. The van der Waals surface area contributed by atoms with Crippen LogP contribution in [-0.2, 0) is 6.42 Å². The molecule has 8 heteroatoms. The Labute approximate surface area is 123 Å². The molecule has 1 aliphatic heterocycles. The number of piperidine rings is 1. The van der Waals surface area contributed by atoms with E-state index in [4.69, 9.17) is 11.5 Å². The van der Waals surface area contributed by atoms with Gasteiger partial charge in [-0.1, -0.05) is 6.92 Å². The molecule has 1 saturated heterocycles. The van der Waals surface area contributed by atoms with Gasteiger partial charge >= 0.3 is 0 Å². The van der Waals surface area contributed by atoms with Crippen molar-refractivity contribution in [1.29, 1.82) is 0 Å². The number of hydrogen-bond donors (Lipinski definition) is 3. The topological polar surface area (TPSA) is 123 Å². The summed E-state index contributed by atoms with van der Waals surface area (Å²) in [6, 6.07) is 0. The highest BCUT2D eigenvalue weighted by Crippen LogP contribution is 2.29. The number of nitrogens with one attached hydrogen (secondary N) is 1. The van der Waals surface area contributed by atoms with Crippen LogP contribution in [0.4, 0.5) is 17.7 Å². The van der Waals surface area contributed by atoms with E-state index < -0.39 is 0 Å². The normalized spacial score (nSPS) is 16.3. The third-order valence-electron chi connectivity index (χ3n) is 3.94. The molecule has 0 unspecified atom stereocenters. The van der Waals surface area contributed by atoms with E-state index in [0.717, 1.165) is 49.6 Å². The Kier molecular flexibility index (Phi) is 3.59. The maximum atomic E-state index is 5.72. The molecule has 8 nitrogen and oxygen atoms in total. The number of aromatic amines is 1. The van der Waals surface area contributed by atoms with Crippen molar-refractivity contribution < 1.29 is 0 Å². The summed E-state index contributed by atoms with van der Waals surface area (Å²) in [7, 11) is 0. The fourth-order valence-electron chi connectivity index (χ4n) is 2.77. The Hall–Kier alpha value is -2.38. The summed E-state index contributed by atoms with van der Waals surface area (Å²) in [4.78, 5) is 15.0. The minimum absolute atomic E-state index is 0.310. The van der Waals surface area contributed by atoms with Crippen LogP contribution in [0.1, 0.15) is 37.1 Å². The summed E-state index contributed by atoms with van der Waals surface area (Å²) in [6.45, 7) is 3.92. The van der Waals surface area contributed by atoms with E-state index >= 15 is 0 Å². The van der Waals surface area contributed by atoms with Crippen LogP contribution in [0.5, 0.6) is 0 Å². The van der Waals surface area contributed by atoms with Crippen molar-refractivity contribution in [2.45, 2.75) is 32.1 Å². The van der Waals surface area contributed by atoms with Crippen molar-refractivity contribution >= 4 is 17.7 Å². The molecular formula is C13H20N8. The van der Waals surface area contributed by atoms with Crippen LogP contribution in [0.2, 0.25) is 0 Å². The predicted octanol–water partition coefficient (Wildman–Crippen LogP) is 0.705. The second kappa shape index (κ2) is 5.55. The molecule has 1 aliphatic rings. The van der Waals surface area contributed by atoms with Gasteiger partial charge in [0.15, 0.2) is 0 Å². The molecule has 0 spiro atoms. The summed E-state index contributed by atoms with van der Waals surface area (Å²) in [5.74, 6) is 2.84. The molecule has 0 amide bonds. The first-order valence-corrected chi connectivity index (χ1v) is 7.21. The van der Waals surface area contributed by atoms with Gasteiger partial charge in [0.05, 0.1) is 0 Å². The van der Waals surface area contributed by atoms with Crippen molar-refractivity contribution in [1.82, 2.24) is 25.1 Å². The zero-order valence-corrected chi connectivity index (χ0v) is 12.1. The van der Waals surface area contributed by atoms with E-state index in [2.05, 4.69) is 37.0 Å². The molecular weight excluding hydrogens is 268 g/mol. The van der Waals surface area contributed by atoms with E-state index in [9.17, 15) is 0 Å². The van der Waals surface area contributed by atoms with Crippen LogP contribution in [0.25, 0.3) is 0 Å². The Morgan fingerprint density at radius 1 is 1.24 bits per heavy atom. The molecule has 112 valence electrons. The fraction of sp³-hybridized carbons (Fsp3) is 0.538. The van der Waals surface area contributed by atoms with Crippen LogP contribution in [0.15, 0.2) is 6.20 Å². The van der Waals surface area contributed by atoms with E-state index in [-0.39, 0.29) is 0 Å². The Morgan fingerprint density at radius 2 is 2.00 bits per heavy atom. The highest BCUT2D eigenvalue weighted by Gasteiger charge is 2.25. The highest BCUT2D eigenvalue weighted by atomic mass is 15.3. The molecule has 2 aromatic heterocycles. The van der Waals surface area contributed by atoms with Gasteiger partial charge in [-0.2, -0.15) is 9.97 Å². The van der Waals surface area contributed by atoms with Gasteiger partial charge in [-0.05, 0) is 19.3 Å². The first kappa shape index (κ1) is 13.6. The molecule has 3 rings (SSSR count). The lowest BCUT2D eigenvalue weighted by Gasteiger charge is -2.32. The first-order chi connectivity index (χ1) is 10.2.